The molecule has 2 nitrogen and oxygen atoms in total. The summed E-state index contributed by atoms with van der Waals surface area (Å²) in [6.07, 6.45) is 0.938. The zero-order chi connectivity index (χ0) is 11.5. The molecule has 0 aliphatic rings. The Kier molecular flexibility index (Phi) is 3.74. The van der Waals surface area contributed by atoms with Gasteiger partial charge >= 0.3 is 0 Å². The molecule has 0 saturated heterocycles. The molecule has 0 spiro atoms. The molecule has 16 heavy (non-hydrogen) atoms. The SMILES string of the molecule is CCc1nc(-c2ccccc2Br)sc1CN. The van der Waals surface area contributed by atoms with Crippen LogP contribution in [0.5, 0.6) is 0 Å². The molecule has 0 unspecified atom stereocenters. The third-order valence-electron chi connectivity index (χ3n) is 2.40. The molecule has 2 aromatic rings. The minimum Gasteiger partial charge on any atom is -0.326 e. The molecule has 0 saturated carbocycles. The first-order chi connectivity index (χ1) is 7.76. The van der Waals surface area contributed by atoms with Crippen LogP contribution in [0, 0.1) is 0 Å². The summed E-state index contributed by atoms with van der Waals surface area (Å²) in [5.41, 5.74) is 7.98. The lowest BCUT2D eigenvalue weighted by molar-refractivity contribution is 0.989. The maximum Gasteiger partial charge on any atom is 0.125 e. The van der Waals surface area contributed by atoms with Gasteiger partial charge in [-0.2, -0.15) is 0 Å². The average molecular weight is 297 g/mol. The van der Waals surface area contributed by atoms with Crippen molar-refractivity contribution in [1.82, 2.24) is 4.98 Å². The van der Waals surface area contributed by atoms with Crippen molar-refractivity contribution < 1.29 is 0 Å². The lowest BCUT2D eigenvalue weighted by atomic mass is 10.2. The van der Waals surface area contributed by atoms with Gasteiger partial charge in [-0.15, -0.1) is 11.3 Å². The molecule has 0 radical (unpaired) electrons. The van der Waals surface area contributed by atoms with E-state index in [9.17, 15) is 0 Å². The van der Waals surface area contributed by atoms with Crippen LogP contribution < -0.4 is 5.73 Å². The van der Waals surface area contributed by atoms with Crippen LogP contribution in [0.1, 0.15) is 17.5 Å². The molecule has 0 aliphatic heterocycles. The fraction of sp³-hybridized carbons (Fsp3) is 0.250. The third kappa shape index (κ3) is 2.19. The maximum atomic E-state index is 5.71. The summed E-state index contributed by atoms with van der Waals surface area (Å²) in [6, 6.07) is 8.13. The summed E-state index contributed by atoms with van der Waals surface area (Å²) in [4.78, 5) is 5.83. The molecule has 2 rings (SSSR count). The fourth-order valence-electron chi connectivity index (χ4n) is 1.57. The Balaban J connectivity index is 2.49. The monoisotopic (exact) mass is 296 g/mol. The van der Waals surface area contributed by atoms with Crippen LogP contribution in [-0.2, 0) is 13.0 Å². The number of rotatable bonds is 3. The molecule has 84 valence electrons. The van der Waals surface area contributed by atoms with E-state index in [0.717, 1.165) is 27.2 Å². The zero-order valence-corrected chi connectivity index (χ0v) is 11.4. The number of thiazole rings is 1. The smallest absolute Gasteiger partial charge is 0.125 e. The summed E-state index contributed by atoms with van der Waals surface area (Å²) < 4.78 is 1.08. The van der Waals surface area contributed by atoms with Crippen LogP contribution in [0.2, 0.25) is 0 Å². The number of nitrogens with two attached hydrogens (primary N) is 1. The number of benzene rings is 1. The summed E-state index contributed by atoms with van der Waals surface area (Å²) in [5, 5.41) is 1.05. The van der Waals surface area contributed by atoms with Gasteiger partial charge in [0.05, 0.1) is 5.69 Å². The highest BCUT2D eigenvalue weighted by molar-refractivity contribution is 9.10. The highest BCUT2D eigenvalue weighted by atomic mass is 79.9. The van der Waals surface area contributed by atoms with E-state index in [1.165, 1.54) is 4.88 Å². The number of aromatic nitrogens is 1. The Morgan fingerprint density at radius 1 is 1.38 bits per heavy atom. The molecule has 1 aromatic carbocycles. The highest BCUT2D eigenvalue weighted by Gasteiger charge is 2.11. The van der Waals surface area contributed by atoms with E-state index >= 15 is 0 Å². The highest BCUT2D eigenvalue weighted by Crippen LogP contribution is 2.32. The Bertz CT molecular complexity index is 472. The van der Waals surface area contributed by atoms with Crippen molar-refractivity contribution in [2.24, 2.45) is 5.73 Å². The number of aryl methyl sites for hydroxylation is 1. The second kappa shape index (κ2) is 5.08. The van der Waals surface area contributed by atoms with E-state index in [1.807, 2.05) is 18.2 Å². The van der Waals surface area contributed by atoms with Gasteiger partial charge in [0.25, 0.3) is 0 Å². The molecule has 2 N–H and O–H groups in total. The number of halogens is 1. The molecular formula is C12H13BrN2S. The quantitative estimate of drug-likeness (QED) is 0.940. The minimum atomic E-state index is 0.575. The van der Waals surface area contributed by atoms with E-state index in [0.29, 0.717) is 6.54 Å². The predicted molar refractivity (Wildman–Crippen MR) is 72.5 cm³/mol. The molecule has 0 aliphatic carbocycles. The summed E-state index contributed by atoms with van der Waals surface area (Å²) in [7, 11) is 0. The number of nitrogens with zero attached hydrogens (tertiary/aromatic N) is 1. The van der Waals surface area contributed by atoms with Gasteiger partial charge in [0.1, 0.15) is 5.01 Å². The van der Waals surface area contributed by atoms with Crippen LogP contribution in [0.4, 0.5) is 0 Å². The molecule has 0 fully saturated rings. The first kappa shape index (κ1) is 11.8. The van der Waals surface area contributed by atoms with Crippen molar-refractivity contribution in [1.29, 1.82) is 0 Å². The van der Waals surface area contributed by atoms with Crippen molar-refractivity contribution in [3.63, 3.8) is 0 Å². The van der Waals surface area contributed by atoms with E-state index in [1.54, 1.807) is 11.3 Å². The van der Waals surface area contributed by atoms with E-state index < -0.39 is 0 Å². The van der Waals surface area contributed by atoms with E-state index in [2.05, 4.69) is 33.9 Å². The van der Waals surface area contributed by atoms with Crippen molar-refractivity contribution in [3.8, 4) is 10.6 Å². The Labute approximate surface area is 108 Å². The normalized spacial score (nSPS) is 10.7. The van der Waals surface area contributed by atoms with Crippen LogP contribution in [0.25, 0.3) is 10.6 Å². The van der Waals surface area contributed by atoms with Crippen molar-refractivity contribution in [2.45, 2.75) is 19.9 Å². The van der Waals surface area contributed by atoms with Crippen molar-refractivity contribution >= 4 is 27.3 Å². The molecule has 0 bridgehead atoms. The number of hydrogen-bond acceptors (Lipinski definition) is 3. The first-order valence-corrected chi connectivity index (χ1v) is 6.80. The first-order valence-electron chi connectivity index (χ1n) is 5.19. The minimum absolute atomic E-state index is 0.575. The fourth-order valence-corrected chi connectivity index (χ4v) is 3.24. The van der Waals surface area contributed by atoms with Crippen LogP contribution in [0.3, 0.4) is 0 Å². The largest absolute Gasteiger partial charge is 0.326 e. The van der Waals surface area contributed by atoms with Gasteiger partial charge in [0.15, 0.2) is 0 Å². The Morgan fingerprint density at radius 3 is 2.69 bits per heavy atom. The molecule has 0 atom stereocenters. The topological polar surface area (TPSA) is 38.9 Å². The van der Waals surface area contributed by atoms with Gasteiger partial charge in [0.2, 0.25) is 0 Å². The van der Waals surface area contributed by atoms with Gasteiger partial charge in [0, 0.05) is 21.5 Å². The van der Waals surface area contributed by atoms with Crippen LogP contribution in [0.15, 0.2) is 28.7 Å². The summed E-state index contributed by atoms with van der Waals surface area (Å²) >= 11 is 5.23. The predicted octanol–water partition coefficient (Wildman–Crippen LogP) is 3.59. The second-order valence-electron chi connectivity index (χ2n) is 3.43. The van der Waals surface area contributed by atoms with Crippen molar-refractivity contribution in [3.05, 3.63) is 39.3 Å². The molecular weight excluding hydrogens is 284 g/mol. The van der Waals surface area contributed by atoms with Gasteiger partial charge < -0.3 is 5.73 Å². The van der Waals surface area contributed by atoms with E-state index in [4.69, 9.17) is 5.73 Å². The molecule has 4 heteroatoms. The Morgan fingerprint density at radius 2 is 2.12 bits per heavy atom. The molecule has 1 heterocycles. The molecule has 0 amide bonds. The van der Waals surface area contributed by atoms with Crippen LogP contribution in [-0.4, -0.2) is 4.98 Å². The average Bonchev–Trinajstić information content (AvgIpc) is 2.72. The van der Waals surface area contributed by atoms with Gasteiger partial charge in [-0.05, 0) is 12.5 Å². The Hall–Kier alpha value is -0.710. The zero-order valence-electron chi connectivity index (χ0n) is 9.03. The third-order valence-corrected chi connectivity index (χ3v) is 4.25. The lowest BCUT2D eigenvalue weighted by Gasteiger charge is -1.98. The standard InChI is InChI=1S/C12H13BrN2S/c1-2-10-11(7-14)16-12(15-10)8-5-3-4-6-9(8)13/h3-6H,2,7,14H2,1H3. The lowest BCUT2D eigenvalue weighted by Crippen LogP contribution is -1.96. The van der Waals surface area contributed by atoms with Crippen molar-refractivity contribution in [2.75, 3.05) is 0 Å². The number of hydrogen-bond donors (Lipinski definition) is 1. The van der Waals surface area contributed by atoms with E-state index in [-0.39, 0.29) is 0 Å². The molecule has 1 aromatic heterocycles. The van der Waals surface area contributed by atoms with Gasteiger partial charge in [-0.3, -0.25) is 0 Å². The summed E-state index contributed by atoms with van der Waals surface area (Å²) in [5.74, 6) is 0. The maximum absolute atomic E-state index is 5.71. The second-order valence-corrected chi connectivity index (χ2v) is 5.36. The van der Waals surface area contributed by atoms with Crippen LogP contribution >= 0.6 is 27.3 Å². The summed E-state index contributed by atoms with van der Waals surface area (Å²) in [6.45, 7) is 2.68. The van der Waals surface area contributed by atoms with Gasteiger partial charge in [-0.25, -0.2) is 4.98 Å². The van der Waals surface area contributed by atoms with Gasteiger partial charge in [-0.1, -0.05) is 41.1 Å².